The van der Waals surface area contributed by atoms with Crippen LogP contribution in [0.5, 0.6) is 0 Å². The van der Waals surface area contributed by atoms with Crippen LogP contribution in [0.25, 0.3) is 0 Å². The van der Waals surface area contributed by atoms with Crippen LogP contribution >= 0.6 is 11.6 Å². The Balaban J connectivity index is 2.03. The minimum Gasteiger partial charge on any atom is -0.340 e. The Morgan fingerprint density at radius 3 is 2.69 bits per heavy atom. The fraction of sp³-hybridized carbons (Fsp3) is 0.611. The van der Waals surface area contributed by atoms with E-state index in [4.69, 9.17) is 11.6 Å². The van der Waals surface area contributed by atoms with E-state index in [1.54, 1.807) is 13.1 Å². The molecule has 0 bridgehead atoms. The maximum absolute atomic E-state index is 13.9. The SMILES string of the molecule is CCCCN(CC(=O)N(C)Cc1c(F)cccc1Cl)C1CCS(=O)(=O)C1. The third kappa shape index (κ3) is 5.66. The molecule has 1 heterocycles. The van der Waals surface area contributed by atoms with E-state index >= 15 is 0 Å². The molecule has 1 fully saturated rings. The fourth-order valence-electron chi connectivity index (χ4n) is 3.12. The molecule has 1 saturated heterocycles. The number of hydrogen-bond acceptors (Lipinski definition) is 4. The molecule has 0 aromatic heterocycles. The van der Waals surface area contributed by atoms with Crippen LogP contribution in [0, 0.1) is 5.82 Å². The molecule has 146 valence electrons. The lowest BCUT2D eigenvalue weighted by atomic mass is 10.2. The van der Waals surface area contributed by atoms with E-state index in [0.29, 0.717) is 13.0 Å². The Morgan fingerprint density at radius 2 is 2.12 bits per heavy atom. The van der Waals surface area contributed by atoms with Gasteiger partial charge in [-0.2, -0.15) is 0 Å². The predicted octanol–water partition coefficient (Wildman–Crippen LogP) is 2.73. The van der Waals surface area contributed by atoms with Crippen LogP contribution in [-0.2, 0) is 21.2 Å². The quantitative estimate of drug-likeness (QED) is 0.668. The van der Waals surface area contributed by atoms with E-state index in [-0.39, 0.29) is 47.1 Å². The topological polar surface area (TPSA) is 57.7 Å². The summed E-state index contributed by atoms with van der Waals surface area (Å²) >= 11 is 6.03. The van der Waals surface area contributed by atoms with E-state index in [2.05, 4.69) is 6.92 Å². The smallest absolute Gasteiger partial charge is 0.236 e. The first-order valence-electron chi connectivity index (χ1n) is 8.85. The fourth-order valence-corrected chi connectivity index (χ4v) is 5.10. The van der Waals surface area contributed by atoms with Gasteiger partial charge in [0.15, 0.2) is 9.84 Å². The summed E-state index contributed by atoms with van der Waals surface area (Å²) in [5, 5.41) is 0.286. The van der Waals surface area contributed by atoms with E-state index in [9.17, 15) is 17.6 Å². The third-order valence-electron chi connectivity index (χ3n) is 4.74. The lowest BCUT2D eigenvalue weighted by molar-refractivity contribution is -0.132. The van der Waals surface area contributed by atoms with Crippen LogP contribution in [0.4, 0.5) is 4.39 Å². The molecule has 0 aliphatic carbocycles. The first kappa shape index (κ1) is 21.1. The van der Waals surface area contributed by atoms with Gasteiger partial charge in [0.1, 0.15) is 5.82 Å². The number of halogens is 2. The standard InChI is InChI=1S/C18H26ClFN2O3S/c1-3-4-9-22(14-8-10-26(24,25)13-14)12-18(23)21(2)11-15-16(19)6-5-7-17(15)20/h5-7,14H,3-4,8-13H2,1-2H3. The zero-order valence-corrected chi connectivity index (χ0v) is 16.8. The minimum atomic E-state index is -3.01. The summed E-state index contributed by atoms with van der Waals surface area (Å²) in [5.41, 5.74) is 0.286. The normalized spacial score (nSPS) is 19.0. The molecule has 5 nitrogen and oxygen atoms in total. The second-order valence-electron chi connectivity index (χ2n) is 6.83. The van der Waals surface area contributed by atoms with Crippen molar-refractivity contribution in [2.75, 3.05) is 31.6 Å². The largest absolute Gasteiger partial charge is 0.340 e. The van der Waals surface area contributed by atoms with Gasteiger partial charge in [-0.25, -0.2) is 12.8 Å². The molecule has 0 saturated carbocycles. The lowest BCUT2D eigenvalue weighted by Crippen LogP contribution is -2.44. The summed E-state index contributed by atoms with van der Waals surface area (Å²) in [7, 11) is -1.41. The number of likely N-dealkylation sites (N-methyl/N-ethyl adjacent to an activating group) is 1. The van der Waals surface area contributed by atoms with Gasteiger partial charge in [0.05, 0.1) is 18.1 Å². The molecule has 0 spiro atoms. The number of unbranched alkanes of at least 4 members (excludes halogenated alkanes) is 1. The van der Waals surface area contributed by atoms with Gasteiger partial charge < -0.3 is 4.90 Å². The highest BCUT2D eigenvalue weighted by molar-refractivity contribution is 7.91. The highest BCUT2D eigenvalue weighted by Crippen LogP contribution is 2.21. The highest BCUT2D eigenvalue weighted by atomic mass is 35.5. The number of nitrogens with zero attached hydrogens (tertiary/aromatic N) is 2. The summed E-state index contributed by atoms with van der Waals surface area (Å²) in [6.07, 6.45) is 2.42. The second kappa shape index (κ2) is 9.15. The van der Waals surface area contributed by atoms with Crippen molar-refractivity contribution in [3.8, 4) is 0 Å². The zero-order valence-electron chi connectivity index (χ0n) is 15.2. The second-order valence-corrected chi connectivity index (χ2v) is 9.47. The van der Waals surface area contributed by atoms with Gasteiger partial charge >= 0.3 is 0 Å². The van der Waals surface area contributed by atoms with Crippen molar-refractivity contribution in [2.24, 2.45) is 0 Å². The summed E-state index contributed by atoms with van der Waals surface area (Å²) in [6, 6.07) is 4.31. The first-order chi connectivity index (χ1) is 12.2. The molecule has 1 aromatic rings. The van der Waals surface area contributed by atoms with Crippen LogP contribution in [0.3, 0.4) is 0 Å². The van der Waals surface area contributed by atoms with Gasteiger partial charge in [-0.3, -0.25) is 9.69 Å². The number of benzene rings is 1. The van der Waals surface area contributed by atoms with Crippen LogP contribution in [-0.4, -0.2) is 61.8 Å². The Hall–Kier alpha value is -1.18. The van der Waals surface area contributed by atoms with Crippen LogP contribution < -0.4 is 0 Å². The van der Waals surface area contributed by atoms with Crippen molar-refractivity contribution >= 4 is 27.3 Å². The molecule has 1 amide bonds. The molecule has 8 heteroatoms. The lowest BCUT2D eigenvalue weighted by Gasteiger charge is -2.29. The number of hydrogen-bond donors (Lipinski definition) is 0. The number of amides is 1. The van der Waals surface area contributed by atoms with E-state index < -0.39 is 15.7 Å². The van der Waals surface area contributed by atoms with Gasteiger partial charge in [0.25, 0.3) is 0 Å². The molecule has 0 N–H and O–H groups in total. The number of sulfone groups is 1. The van der Waals surface area contributed by atoms with Gasteiger partial charge in [-0.1, -0.05) is 31.0 Å². The molecular formula is C18H26ClFN2O3S. The first-order valence-corrected chi connectivity index (χ1v) is 11.0. The van der Waals surface area contributed by atoms with Crippen molar-refractivity contribution in [2.45, 2.75) is 38.8 Å². The number of rotatable bonds is 8. The van der Waals surface area contributed by atoms with E-state index in [0.717, 1.165) is 12.8 Å². The van der Waals surface area contributed by atoms with Crippen LogP contribution in [0.15, 0.2) is 18.2 Å². The molecule has 1 unspecified atom stereocenters. The Kier molecular flexibility index (Phi) is 7.43. The van der Waals surface area contributed by atoms with Crippen molar-refractivity contribution < 1.29 is 17.6 Å². The van der Waals surface area contributed by atoms with E-state index in [1.807, 2.05) is 4.90 Å². The molecule has 1 aliphatic rings. The molecule has 1 aliphatic heterocycles. The van der Waals surface area contributed by atoms with Crippen LogP contribution in [0.1, 0.15) is 31.7 Å². The van der Waals surface area contributed by atoms with Gasteiger partial charge in [0, 0.05) is 30.2 Å². The third-order valence-corrected chi connectivity index (χ3v) is 6.85. The maximum atomic E-state index is 13.9. The van der Waals surface area contributed by atoms with Crippen molar-refractivity contribution in [3.05, 3.63) is 34.6 Å². The van der Waals surface area contributed by atoms with Crippen molar-refractivity contribution in [1.29, 1.82) is 0 Å². The number of carbonyl (C=O) groups excluding carboxylic acids is 1. The van der Waals surface area contributed by atoms with Gasteiger partial charge in [0.2, 0.25) is 5.91 Å². The average molecular weight is 405 g/mol. The monoisotopic (exact) mass is 404 g/mol. The number of carbonyl (C=O) groups is 1. The average Bonchev–Trinajstić information content (AvgIpc) is 2.94. The molecule has 2 rings (SSSR count). The molecule has 1 atom stereocenters. The summed E-state index contributed by atoms with van der Waals surface area (Å²) in [4.78, 5) is 16.0. The predicted molar refractivity (Wildman–Crippen MR) is 101 cm³/mol. The molecule has 1 aromatic carbocycles. The Labute approximate surface area is 160 Å². The zero-order chi connectivity index (χ0) is 19.3. The van der Waals surface area contributed by atoms with Gasteiger partial charge in [-0.15, -0.1) is 0 Å². The Bertz CT molecular complexity index is 722. The molecule has 0 radical (unpaired) electrons. The molecular weight excluding hydrogens is 379 g/mol. The highest BCUT2D eigenvalue weighted by Gasteiger charge is 2.33. The maximum Gasteiger partial charge on any atom is 0.236 e. The Morgan fingerprint density at radius 1 is 1.38 bits per heavy atom. The van der Waals surface area contributed by atoms with Crippen molar-refractivity contribution in [3.63, 3.8) is 0 Å². The van der Waals surface area contributed by atoms with Crippen molar-refractivity contribution in [1.82, 2.24) is 9.80 Å². The summed E-state index contributed by atoms with van der Waals surface area (Å²) in [5.74, 6) is -0.339. The summed E-state index contributed by atoms with van der Waals surface area (Å²) < 4.78 is 37.5. The molecule has 26 heavy (non-hydrogen) atoms. The minimum absolute atomic E-state index is 0.0783. The summed E-state index contributed by atoms with van der Waals surface area (Å²) in [6.45, 7) is 2.94. The van der Waals surface area contributed by atoms with Gasteiger partial charge in [-0.05, 0) is 31.5 Å². The van der Waals surface area contributed by atoms with E-state index in [1.165, 1.54) is 17.0 Å². The van der Waals surface area contributed by atoms with Crippen LogP contribution in [0.2, 0.25) is 5.02 Å².